The lowest BCUT2D eigenvalue weighted by Gasteiger charge is -2.28. The maximum atomic E-state index is 10.7. The van der Waals surface area contributed by atoms with E-state index in [0.29, 0.717) is 13.3 Å². The van der Waals surface area contributed by atoms with Gasteiger partial charge in [0.15, 0.2) is 6.73 Å². The number of aromatic carboxylic acids is 1. The SMILES string of the molecule is CCCCCCCCCCCCOC[N+](C)(C)CCOC(C)=O.O=C([O-])c1ccccc1. The molecular weight excluding hydrogens is 406 g/mol. The maximum absolute atomic E-state index is 10.7. The zero-order chi connectivity index (χ0) is 24.1. The summed E-state index contributed by atoms with van der Waals surface area (Å²) in [5.41, 5.74) is 0.220. The number of unbranched alkanes of at least 4 members (excludes halogenated alkanes) is 9. The highest BCUT2D eigenvalue weighted by molar-refractivity contribution is 5.85. The van der Waals surface area contributed by atoms with Crippen LogP contribution in [0.15, 0.2) is 30.3 Å². The summed E-state index contributed by atoms with van der Waals surface area (Å²) in [6, 6.07) is 8.06. The number of hydrogen-bond acceptors (Lipinski definition) is 5. The smallest absolute Gasteiger partial charge is 0.302 e. The first-order chi connectivity index (χ1) is 15.3. The molecule has 0 spiro atoms. The van der Waals surface area contributed by atoms with Crippen LogP contribution in [0.4, 0.5) is 0 Å². The summed E-state index contributed by atoms with van der Waals surface area (Å²) in [5.74, 6) is -1.34. The molecule has 1 aromatic carbocycles. The zero-order valence-corrected chi connectivity index (χ0v) is 20.8. The number of benzene rings is 1. The molecule has 0 bridgehead atoms. The predicted molar refractivity (Wildman–Crippen MR) is 127 cm³/mol. The van der Waals surface area contributed by atoms with Crippen molar-refractivity contribution in [2.24, 2.45) is 0 Å². The Kier molecular flexibility index (Phi) is 18.6. The van der Waals surface area contributed by atoms with Gasteiger partial charge in [-0.1, -0.05) is 95.0 Å². The lowest BCUT2D eigenvalue weighted by molar-refractivity contribution is -0.909. The van der Waals surface area contributed by atoms with Crippen molar-refractivity contribution < 1.29 is 28.7 Å². The third kappa shape index (κ3) is 20.0. The van der Waals surface area contributed by atoms with Crippen LogP contribution >= 0.6 is 0 Å². The highest BCUT2D eigenvalue weighted by atomic mass is 16.5. The van der Waals surface area contributed by atoms with Gasteiger partial charge in [0, 0.05) is 6.92 Å². The Balaban J connectivity index is 0.000000879. The summed E-state index contributed by atoms with van der Waals surface area (Å²) in [5, 5.41) is 10.1. The molecule has 0 aliphatic rings. The Morgan fingerprint density at radius 1 is 0.844 bits per heavy atom. The average molecular weight is 452 g/mol. The fraction of sp³-hybridized carbons (Fsp3) is 0.692. The molecule has 0 fully saturated rings. The molecule has 0 N–H and O–H groups in total. The van der Waals surface area contributed by atoms with E-state index in [1.807, 2.05) is 0 Å². The Morgan fingerprint density at radius 3 is 1.84 bits per heavy atom. The number of ether oxygens (including phenoxy) is 2. The fourth-order valence-corrected chi connectivity index (χ4v) is 3.08. The van der Waals surface area contributed by atoms with Crippen LogP contribution in [0.2, 0.25) is 0 Å². The minimum Gasteiger partial charge on any atom is -0.545 e. The second-order valence-electron chi connectivity index (χ2n) is 8.87. The van der Waals surface area contributed by atoms with Crippen molar-refractivity contribution in [1.29, 1.82) is 0 Å². The molecule has 6 nitrogen and oxygen atoms in total. The molecule has 0 aromatic heterocycles. The molecule has 0 saturated carbocycles. The van der Waals surface area contributed by atoms with Gasteiger partial charge in [-0.05, 0) is 12.0 Å². The standard InChI is InChI=1S/C19H40NO3.C7H6O2/c1-5-6-7-8-9-10-11-12-13-14-16-22-18-20(3,4)15-17-23-19(2)21;8-7(9)6-4-2-1-3-5-6/h5-18H2,1-4H3;1-5H,(H,8,9)/q+1;/p-1. The monoisotopic (exact) mass is 451 g/mol. The van der Waals surface area contributed by atoms with Crippen LogP contribution in [0.3, 0.4) is 0 Å². The van der Waals surface area contributed by atoms with Crippen molar-refractivity contribution in [2.45, 2.75) is 78.1 Å². The quantitative estimate of drug-likeness (QED) is 0.150. The normalized spacial score (nSPS) is 10.9. The highest BCUT2D eigenvalue weighted by Gasteiger charge is 2.15. The average Bonchev–Trinajstić information content (AvgIpc) is 2.75. The Hall–Kier alpha value is -1.92. The molecule has 0 radical (unpaired) electrons. The van der Waals surface area contributed by atoms with E-state index in [4.69, 9.17) is 9.47 Å². The summed E-state index contributed by atoms with van der Waals surface area (Å²) < 4.78 is 11.5. The molecule has 0 aliphatic carbocycles. The van der Waals surface area contributed by atoms with Gasteiger partial charge in [0.2, 0.25) is 0 Å². The number of likely N-dealkylation sites (N-methyl/N-ethyl adjacent to an activating group) is 1. The molecule has 0 aliphatic heterocycles. The lowest BCUT2D eigenvalue weighted by Crippen LogP contribution is -2.44. The molecule has 6 heteroatoms. The number of quaternary nitrogens is 1. The van der Waals surface area contributed by atoms with Crippen molar-refractivity contribution in [2.75, 3.05) is 40.6 Å². The molecule has 0 saturated heterocycles. The van der Waals surface area contributed by atoms with Crippen molar-refractivity contribution in [3.05, 3.63) is 35.9 Å². The van der Waals surface area contributed by atoms with Gasteiger partial charge in [0.1, 0.15) is 13.2 Å². The van der Waals surface area contributed by atoms with E-state index in [9.17, 15) is 14.7 Å². The summed E-state index contributed by atoms with van der Waals surface area (Å²) in [6.45, 7) is 6.48. The molecule has 184 valence electrons. The minimum absolute atomic E-state index is 0.212. The van der Waals surface area contributed by atoms with Gasteiger partial charge in [-0.25, -0.2) is 0 Å². The third-order valence-corrected chi connectivity index (χ3v) is 5.09. The molecule has 0 amide bonds. The number of rotatable bonds is 17. The third-order valence-electron chi connectivity index (χ3n) is 5.09. The van der Waals surface area contributed by atoms with Crippen LogP contribution in [-0.4, -0.2) is 57.0 Å². The second kappa shape index (κ2) is 19.7. The van der Waals surface area contributed by atoms with E-state index in [1.165, 1.54) is 76.8 Å². The molecular formula is C26H45NO5. The first-order valence-corrected chi connectivity index (χ1v) is 12.1. The van der Waals surface area contributed by atoms with Gasteiger partial charge >= 0.3 is 5.97 Å². The topological polar surface area (TPSA) is 75.7 Å². The molecule has 32 heavy (non-hydrogen) atoms. The minimum atomic E-state index is -1.13. The molecule has 0 atom stereocenters. The van der Waals surface area contributed by atoms with Gasteiger partial charge in [0.05, 0.1) is 26.7 Å². The largest absolute Gasteiger partial charge is 0.545 e. The maximum Gasteiger partial charge on any atom is 0.302 e. The van der Waals surface area contributed by atoms with Crippen LogP contribution in [-0.2, 0) is 14.3 Å². The van der Waals surface area contributed by atoms with E-state index in [1.54, 1.807) is 18.2 Å². The van der Waals surface area contributed by atoms with Gasteiger partial charge in [-0.3, -0.25) is 4.79 Å². The summed E-state index contributed by atoms with van der Waals surface area (Å²) in [7, 11) is 4.20. The number of nitrogens with zero attached hydrogens (tertiary/aromatic N) is 1. The number of carbonyl (C=O) groups excluding carboxylic acids is 2. The first-order valence-electron chi connectivity index (χ1n) is 12.1. The van der Waals surface area contributed by atoms with Gasteiger partial charge in [0.25, 0.3) is 0 Å². The summed E-state index contributed by atoms with van der Waals surface area (Å²) in [4.78, 5) is 20.8. The Morgan fingerprint density at radius 2 is 1.38 bits per heavy atom. The number of hydrogen-bond donors (Lipinski definition) is 0. The number of carboxylic acids is 1. The van der Waals surface area contributed by atoms with E-state index in [-0.39, 0.29) is 11.5 Å². The Bertz CT molecular complexity index is 589. The summed E-state index contributed by atoms with van der Waals surface area (Å²) in [6.07, 6.45) is 13.5. The van der Waals surface area contributed by atoms with Crippen molar-refractivity contribution in [1.82, 2.24) is 0 Å². The van der Waals surface area contributed by atoms with Gasteiger partial charge in [-0.2, -0.15) is 0 Å². The van der Waals surface area contributed by atoms with E-state index >= 15 is 0 Å². The van der Waals surface area contributed by atoms with Crippen molar-refractivity contribution in [3.63, 3.8) is 0 Å². The van der Waals surface area contributed by atoms with Crippen LogP contribution in [0.5, 0.6) is 0 Å². The van der Waals surface area contributed by atoms with Crippen molar-refractivity contribution in [3.8, 4) is 0 Å². The Labute approximate surface area is 195 Å². The fourth-order valence-electron chi connectivity index (χ4n) is 3.08. The first kappa shape index (κ1) is 30.1. The molecule has 1 rings (SSSR count). The number of esters is 1. The van der Waals surface area contributed by atoms with E-state index in [0.717, 1.165) is 24.1 Å². The highest BCUT2D eigenvalue weighted by Crippen LogP contribution is 2.10. The van der Waals surface area contributed by atoms with Crippen LogP contribution in [0.25, 0.3) is 0 Å². The van der Waals surface area contributed by atoms with Crippen LogP contribution < -0.4 is 5.11 Å². The van der Waals surface area contributed by atoms with Gasteiger partial charge in [-0.15, -0.1) is 0 Å². The van der Waals surface area contributed by atoms with Crippen LogP contribution in [0, 0.1) is 0 Å². The number of carbonyl (C=O) groups is 2. The molecule has 1 aromatic rings. The predicted octanol–water partition coefficient (Wildman–Crippen LogP) is 4.57. The zero-order valence-electron chi connectivity index (χ0n) is 20.8. The molecule has 0 unspecified atom stereocenters. The number of carboxylic acid groups (broad SMARTS) is 1. The van der Waals surface area contributed by atoms with Gasteiger partial charge < -0.3 is 23.9 Å². The van der Waals surface area contributed by atoms with E-state index < -0.39 is 5.97 Å². The van der Waals surface area contributed by atoms with E-state index in [2.05, 4.69) is 21.0 Å². The lowest BCUT2D eigenvalue weighted by atomic mass is 10.1. The summed E-state index contributed by atoms with van der Waals surface area (Å²) >= 11 is 0. The molecule has 0 heterocycles. The second-order valence-corrected chi connectivity index (χ2v) is 8.87. The van der Waals surface area contributed by atoms with Crippen LogP contribution in [0.1, 0.15) is 88.4 Å². The van der Waals surface area contributed by atoms with Crippen molar-refractivity contribution >= 4 is 11.9 Å².